The first-order chi connectivity index (χ1) is 13.4. The van der Waals surface area contributed by atoms with Gasteiger partial charge in [0.15, 0.2) is 0 Å². The Morgan fingerprint density at radius 1 is 1.14 bits per heavy atom. The number of nitrogens with zero attached hydrogens (tertiary/aromatic N) is 3. The minimum atomic E-state index is -0.337. The summed E-state index contributed by atoms with van der Waals surface area (Å²) in [7, 11) is 1.65. The molecule has 0 aliphatic carbocycles. The highest BCUT2D eigenvalue weighted by molar-refractivity contribution is 8.26. The SMILES string of the molecule is CCOC(=O)N1CCN(C(=O)c2ccc(C=C3SC(=S)N(C)C3=O)cc2)CC1. The van der Waals surface area contributed by atoms with Crippen LogP contribution in [-0.2, 0) is 9.53 Å². The molecule has 0 bridgehead atoms. The van der Waals surface area contributed by atoms with Crippen molar-refractivity contribution in [3.63, 3.8) is 0 Å². The van der Waals surface area contributed by atoms with Crippen LogP contribution < -0.4 is 0 Å². The first-order valence-electron chi connectivity index (χ1n) is 8.93. The van der Waals surface area contributed by atoms with E-state index in [1.54, 1.807) is 42.0 Å². The summed E-state index contributed by atoms with van der Waals surface area (Å²) in [5, 5.41) is 0. The molecule has 148 valence electrons. The number of hydrogen-bond donors (Lipinski definition) is 0. The fourth-order valence-corrected chi connectivity index (χ4v) is 4.09. The molecular weight excluding hydrogens is 398 g/mol. The molecule has 0 aromatic heterocycles. The third-order valence-electron chi connectivity index (χ3n) is 4.53. The number of likely N-dealkylation sites (N-methyl/N-ethyl adjacent to an activating group) is 1. The molecule has 2 aliphatic heterocycles. The molecule has 2 heterocycles. The third-order valence-corrected chi connectivity index (χ3v) is 6.02. The van der Waals surface area contributed by atoms with Gasteiger partial charge in [0.25, 0.3) is 11.8 Å². The molecule has 0 unspecified atom stereocenters. The van der Waals surface area contributed by atoms with Gasteiger partial charge in [-0.25, -0.2) is 4.79 Å². The van der Waals surface area contributed by atoms with Crippen molar-refractivity contribution in [3.8, 4) is 0 Å². The van der Waals surface area contributed by atoms with Crippen molar-refractivity contribution in [2.24, 2.45) is 0 Å². The number of thioether (sulfide) groups is 1. The number of rotatable bonds is 3. The summed E-state index contributed by atoms with van der Waals surface area (Å²) in [5.74, 6) is -0.190. The standard InChI is InChI=1S/C19H21N3O4S2/c1-3-26-18(25)22-10-8-21(9-11-22)16(23)14-6-4-13(5-7-14)12-15-17(24)20(2)19(27)28-15/h4-7,12H,3,8-11H2,1-2H3. The lowest BCUT2D eigenvalue weighted by Crippen LogP contribution is -2.50. The third kappa shape index (κ3) is 4.36. The predicted octanol–water partition coefficient (Wildman–Crippen LogP) is 2.43. The number of piperazine rings is 1. The van der Waals surface area contributed by atoms with Crippen molar-refractivity contribution in [3.05, 3.63) is 40.3 Å². The van der Waals surface area contributed by atoms with Crippen LogP contribution in [0.2, 0.25) is 0 Å². The Balaban J connectivity index is 1.61. The second kappa shape index (κ2) is 8.74. The lowest BCUT2D eigenvalue weighted by Gasteiger charge is -2.34. The maximum Gasteiger partial charge on any atom is 0.409 e. The molecular formula is C19H21N3O4S2. The van der Waals surface area contributed by atoms with Gasteiger partial charge >= 0.3 is 6.09 Å². The summed E-state index contributed by atoms with van der Waals surface area (Å²) in [6.07, 6.45) is 1.44. The summed E-state index contributed by atoms with van der Waals surface area (Å²) in [5.41, 5.74) is 1.41. The smallest absolute Gasteiger partial charge is 0.409 e. The van der Waals surface area contributed by atoms with Crippen LogP contribution in [0.25, 0.3) is 6.08 Å². The van der Waals surface area contributed by atoms with Crippen molar-refractivity contribution in [1.82, 2.24) is 14.7 Å². The van der Waals surface area contributed by atoms with E-state index in [0.29, 0.717) is 47.6 Å². The van der Waals surface area contributed by atoms with Gasteiger partial charge in [-0.15, -0.1) is 0 Å². The van der Waals surface area contributed by atoms with E-state index in [-0.39, 0.29) is 17.9 Å². The predicted molar refractivity (Wildman–Crippen MR) is 112 cm³/mol. The number of benzene rings is 1. The second-order valence-electron chi connectivity index (χ2n) is 6.34. The summed E-state index contributed by atoms with van der Waals surface area (Å²) < 4.78 is 5.52. The van der Waals surface area contributed by atoms with E-state index in [4.69, 9.17) is 17.0 Å². The molecule has 28 heavy (non-hydrogen) atoms. The molecule has 1 aromatic rings. The van der Waals surface area contributed by atoms with E-state index >= 15 is 0 Å². The Morgan fingerprint density at radius 2 is 1.75 bits per heavy atom. The molecule has 0 radical (unpaired) electrons. The van der Waals surface area contributed by atoms with E-state index in [1.165, 1.54) is 16.7 Å². The zero-order valence-electron chi connectivity index (χ0n) is 15.7. The molecule has 0 spiro atoms. The first-order valence-corrected chi connectivity index (χ1v) is 10.2. The minimum Gasteiger partial charge on any atom is -0.450 e. The molecule has 0 saturated carbocycles. The topological polar surface area (TPSA) is 70.2 Å². The molecule has 0 N–H and O–H groups in total. The van der Waals surface area contributed by atoms with Crippen LogP contribution >= 0.6 is 24.0 Å². The lowest BCUT2D eigenvalue weighted by atomic mass is 10.1. The average molecular weight is 420 g/mol. The summed E-state index contributed by atoms with van der Waals surface area (Å²) in [6.45, 7) is 3.97. The van der Waals surface area contributed by atoms with Gasteiger partial charge in [-0.1, -0.05) is 36.1 Å². The Labute approximate surface area is 173 Å². The highest BCUT2D eigenvalue weighted by Crippen LogP contribution is 2.31. The molecule has 0 atom stereocenters. The van der Waals surface area contributed by atoms with E-state index in [0.717, 1.165) is 5.56 Å². The van der Waals surface area contributed by atoms with Gasteiger partial charge in [-0.3, -0.25) is 14.5 Å². The average Bonchev–Trinajstić information content (AvgIpc) is 2.95. The Morgan fingerprint density at radius 3 is 2.29 bits per heavy atom. The quantitative estimate of drug-likeness (QED) is 0.554. The van der Waals surface area contributed by atoms with Crippen LogP contribution in [0.3, 0.4) is 0 Å². The zero-order chi connectivity index (χ0) is 20.3. The van der Waals surface area contributed by atoms with E-state index in [2.05, 4.69) is 0 Å². The van der Waals surface area contributed by atoms with Gasteiger partial charge in [0.1, 0.15) is 4.32 Å². The largest absolute Gasteiger partial charge is 0.450 e. The maximum absolute atomic E-state index is 12.7. The van der Waals surface area contributed by atoms with Crippen LogP contribution in [0, 0.1) is 0 Å². The summed E-state index contributed by atoms with van der Waals surface area (Å²) >= 11 is 6.39. The number of ether oxygens (including phenoxy) is 1. The van der Waals surface area contributed by atoms with Gasteiger partial charge in [-0.05, 0) is 30.7 Å². The van der Waals surface area contributed by atoms with Gasteiger partial charge in [0.2, 0.25) is 0 Å². The Bertz CT molecular complexity index is 830. The fourth-order valence-electron chi connectivity index (χ4n) is 2.91. The number of carbonyl (C=O) groups excluding carboxylic acids is 3. The Hall–Kier alpha value is -2.39. The molecule has 2 aliphatic rings. The number of hydrogen-bond acceptors (Lipinski definition) is 6. The second-order valence-corrected chi connectivity index (χ2v) is 8.02. The van der Waals surface area contributed by atoms with E-state index < -0.39 is 0 Å². The van der Waals surface area contributed by atoms with Gasteiger partial charge in [-0.2, -0.15) is 0 Å². The molecule has 2 fully saturated rings. The van der Waals surface area contributed by atoms with Crippen LogP contribution in [0.1, 0.15) is 22.8 Å². The molecule has 3 amide bonds. The van der Waals surface area contributed by atoms with Crippen LogP contribution in [-0.4, -0.2) is 76.8 Å². The van der Waals surface area contributed by atoms with E-state index in [9.17, 15) is 14.4 Å². The van der Waals surface area contributed by atoms with E-state index in [1.807, 2.05) is 12.1 Å². The molecule has 7 nitrogen and oxygen atoms in total. The van der Waals surface area contributed by atoms with Crippen LogP contribution in [0.15, 0.2) is 29.2 Å². The van der Waals surface area contributed by atoms with Gasteiger partial charge in [0.05, 0.1) is 11.5 Å². The van der Waals surface area contributed by atoms with Crippen molar-refractivity contribution in [1.29, 1.82) is 0 Å². The van der Waals surface area contributed by atoms with Crippen LogP contribution in [0.5, 0.6) is 0 Å². The molecule has 1 aromatic carbocycles. The molecule has 9 heteroatoms. The highest BCUT2D eigenvalue weighted by atomic mass is 32.2. The monoisotopic (exact) mass is 419 g/mol. The summed E-state index contributed by atoms with van der Waals surface area (Å²) in [6, 6.07) is 7.12. The Kier molecular flexibility index (Phi) is 6.35. The molecule has 2 saturated heterocycles. The highest BCUT2D eigenvalue weighted by Gasteiger charge is 2.29. The van der Waals surface area contributed by atoms with Crippen LogP contribution in [0.4, 0.5) is 4.79 Å². The van der Waals surface area contributed by atoms with Gasteiger partial charge in [0, 0.05) is 38.8 Å². The first kappa shape index (κ1) is 20.3. The lowest BCUT2D eigenvalue weighted by molar-refractivity contribution is -0.121. The fraction of sp³-hybridized carbons (Fsp3) is 0.368. The van der Waals surface area contributed by atoms with Gasteiger partial charge < -0.3 is 14.5 Å². The maximum atomic E-state index is 12.7. The van der Waals surface area contributed by atoms with Crippen molar-refractivity contribution in [2.75, 3.05) is 39.8 Å². The normalized spacial score (nSPS) is 18.8. The van der Waals surface area contributed by atoms with Crippen molar-refractivity contribution in [2.45, 2.75) is 6.92 Å². The van der Waals surface area contributed by atoms with Crippen molar-refractivity contribution >= 4 is 52.3 Å². The van der Waals surface area contributed by atoms with Crippen molar-refractivity contribution < 1.29 is 19.1 Å². The summed E-state index contributed by atoms with van der Waals surface area (Å²) in [4.78, 5) is 41.9. The minimum absolute atomic E-state index is 0.0741. The number of carbonyl (C=O) groups is 3. The number of amides is 3. The number of thiocarbonyl (C=S) groups is 1. The molecule has 3 rings (SSSR count). The zero-order valence-corrected chi connectivity index (χ0v) is 17.3.